The van der Waals surface area contributed by atoms with Crippen LogP contribution in [0.25, 0.3) is 0 Å². The molecule has 106 valence electrons. The van der Waals surface area contributed by atoms with E-state index in [9.17, 15) is 9.59 Å². The molecule has 1 spiro atoms. The lowest BCUT2D eigenvalue weighted by Crippen LogP contribution is -2.63. The number of rotatable bonds is 1. The van der Waals surface area contributed by atoms with Crippen LogP contribution in [0.2, 0.25) is 0 Å². The number of hydrogen-bond acceptors (Lipinski definition) is 4. The van der Waals surface area contributed by atoms with E-state index in [-0.39, 0.29) is 28.8 Å². The maximum atomic E-state index is 12.1. The summed E-state index contributed by atoms with van der Waals surface area (Å²) in [5.74, 6) is -0.0405. The number of amides is 1. The maximum Gasteiger partial charge on any atom is 0.251 e. The van der Waals surface area contributed by atoms with E-state index >= 15 is 0 Å². The van der Waals surface area contributed by atoms with Crippen LogP contribution in [-0.4, -0.2) is 42.4 Å². The van der Waals surface area contributed by atoms with Crippen molar-refractivity contribution in [3.05, 3.63) is 11.6 Å². The summed E-state index contributed by atoms with van der Waals surface area (Å²) >= 11 is 0. The number of allylic oxidation sites excluding steroid dienone is 1. The van der Waals surface area contributed by atoms with Crippen molar-refractivity contribution in [3.63, 3.8) is 0 Å². The third kappa shape index (κ3) is 1.87. The minimum Gasteiger partial charge on any atom is -0.368 e. The van der Waals surface area contributed by atoms with Gasteiger partial charge in [-0.1, -0.05) is 19.9 Å². The third-order valence-electron chi connectivity index (χ3n) is 4.52. The summed E-state index contributed by atoms with van der Waals surface area (Å²) in [5.41, 5.74) is -0.489. The van der Waals surface area contributed by atoms with Crippen molar-refractivity contribution in [3.8, 4) is 6.07 Å². The molecule has 2 saturated heterocycles. The number of hydrogen-bond donors (Lipinski definition) is 0. The first-order chi connectivity index (χ1) is 9.37. The number of nitriles is 1. The van der Waals surface area contributed by atoms with Crippen molar-refractivity contribution < 1.29 is 14.3 Å². The summed E-state index contributed by atoms with van der Waals surface area (Å²) < 4.78 is 5.21. The predicted molar refractivity (Wildman–Crippen MR) is 70.5 cm³/mol. The largest absolute Gasteiger partial charge is 0.368 e. The van der Waals surface area contributed by atoms with Gasteiger partial charge in [0.2, 0.25) is 0 Å². The first kappa shape index (κ1) is 13.3. The molecule has 0 aromatic heterocycles. The van der Waals surface area contributed by atoms with Gasteiger partial charge in [-0.3, -0.25) is 9.59 Å². The molecule has 0 saturated carbocycles. The average molecular weight is 274 g/mol. The van der Waals surface area contributed by atoms with E-state index in [1.165, 1.54) is 0 Å². The van der Waals surface area contributed by atoms with E-state index in [2.05, 4.69) is 0 Å². The Kier molecular flexibility index (Phi) is 2.77. The second-order valence-corrected chi connectivity index (χ2v) is 6.76. The number of Topliss-reactive ketones (excluding diaryl/α,β-unsaturated/α-hetero) is 1. The van der Waals surface area contributed by atoms with Crippen LogP contribution in [0.15, 0.2) is 11.6 Å². The van der Waals surface area contributed by atoms with Gasteiger partial charge in [0.15, 0.2) is 5.78 Å². The van der Waals surface area contributed by atoms with Gasteiger partial charge in [-0.2, -0.15) is 5.26 Å². The second-order valence-electron chi connectivity index (χ2n) is 6.76. The Bertz CT molecular complexity index is 546. The number of likely N-dealkylation sites (tertiary alicyclic amines) is 1. The van der Waals surface area contributed by atoms with Crippen molar-refractivity contribution in [2.45, 2.75) is 32.8 Å². The summed E-state index contributed by atoms with van der Waals surface area (Å²) in [4.78, 5) is 25.9. The number of nitrogens with zero attached hydrogens (tertiary/aromatic N) is 2. The zero-order valence-electron chi connectivity index (χ0n) is 11.8. The molecule has 0 N–H and O–H groups in total. The van der Waals surface area contributed by atoms with Crippen LogP contribution in [0.4, 0.5) is 0 Å². The Hall–Kier alpha value is -1.67. The molecule has 3 aliphatic rings. The van der Waals surface area contributed by atoms with E-state index in [0.717, 1.165) is 6.42 Å². The lowest BCUT2D eigenvalue weighted by molar-refractivity contribution is -0.167. The number of ether oxygens (including phenoxy) is 1. The third-order valence-corrected chi connectivity index (χ3v) is 4.52. The molecule has 0 aromatic rings. The maximum absolute atomic E-state index is 12.1. The molecule has 0 radical (unpaired) electrons. The van der Waals surface area contributed by atoms with Gasteiger partial charge < -0.3 is 9.64 Å². The SMILES string of the molecule is CC1(C)CC2(C=C(C#N)C1=O)CN(C(=O)C1CCO1)C2. The van der Waals surface area contributed by atoms with Crippen molar-refractivity contribution in [1.82, 2.24) is 4.90 Å². The molecule has 1 unspecified atom stereocenters. The zero-order chi connectivity index (χ0) is 14.5. The molecule has 1 amide bonds. The van der Waals surface area contributed by atoms with E-state index in [1.54, 1.807) is 11.0 Å². The van der Waals surface area contributed by atoms with Crippen molar-refractivity contribution in [2.75, 3.05) is 19.7 Å². The van der Waals surface area contributed by atoms with E-state index in [4.69, 9.17) is 10.00 Å². The standard InChI is InChI=1S/C15H18N2O3/c1-14(2)7-15(5-10(6-16)12(14)18)8-17(9-15)13(19)11-3-4-20-11/h5,11H,3-4,7-9H2,1-2H3. The van der Waals surface area contributed by atoms with E-state index < -0.39 is 5.41 Å². The van der Waals surface area contributed by atoms with E-state index in [0.29, 0.717) is 26.1 Å². The number of carbonyl (C=O) groups is 2. The van der Waals surface area contributed by atoms with Gasteiger partial charge in [0, 0.05) is 30.3 Å². The molecule has 20 heavy (non-hydrogen) atoms. The van der Waals surface area contributed by atoms with Gasteiger partial charge in [-0.05, 0) is 6.42 Å². The fraction of sp³-hybridized carbons (Fsp3) is 0.667. The van der Waals surface area contributed by atoms with Crippen LogP contribution >= 0.6 is 0 Å². The molecule has 0 aromatic carbocycles. The molecule has 2 heterocycles. The van der Waals surface area contributed by atoms with Gasteiger partial charge >= 0.3 is 0 Å². The first-order valence-electron chi connectivity index (χ1n) is 6.95. The van der Waals surface area contributed by atoms with Crippen molar-refractivity contribution in [2.24, 2.45) is 10.8 Å². The van der Waals surface area contributed by atoms with Crippen molar-refractivity contribution >= 4 is 11.7 Å². The summed E-state index contributed by atoms with van der Waals surface area (Å²) in [7, 11) is 0. The molecule has 0 bridgehead atoms. The molecule has 3 rings (SSSR count). The number of ketones is 1. The molecule has 1 aliphatic carbocycles. The summed E-state index contributed by atoms with van der Waals surface area (Å²) in [6.07, 6.45) is 3.00. The Morgan fingerprint density at radius 1 is 1.50 bits per heavy atom. The molecule has 2 aliphatic heterocycles. The predicted octanol–water partition coefficient (Wildman–Crippen LogP) is 1.05. The van der Waals surface area contributed by atoms with Gasteiger partial charge in [0.1, 0.15) is 12.2 Å². The highest BCUT2D eigenvalue weighted by Gasteiger charge is 2.53. The summed E-state index contributed by atoms with van der Waals surface area (Å²) in [5, 5.41) is 9.12. The lowest BCUT2D eigenvalue weighted by Gasteiger charge is -2.54. The average Bonchev–Trinajstić information content (AvgIpc) is 2.27. The fourth-order valence-corrected chi connectivity index (χ4v) is 3.54. The van der Waals surface area contributed by atoms with Gasteiger partial charge in [0.25, 0.3) is 5.91 Å². The Morgan fingerprint density at radius 2 is 2.15 bits per heavy atom. The topological polar surface area (TPSA) is 70.4 Å². The molecule has 2 fully saturated rings. The molecular formula is C15H18N2O3. The lowest BCUT2D eigenvalue weighted by atomic mass is 9.61. The van der Waals surface area contributed by atoms with E-state index in [1.807, 2.05) is 19.9 Å². The highest BCUT2D eigenvalue weighted by molar-refractivity contribution is 6.03. The normalized spacial score (nSPS) is 30.1. The summed E-state index contributed by atoms with van der Waals surface area (Å²) in [6.45, 7) is 5.60. The van der Waals surface area contributed by atoms with Crippen LogP contribution < -0.4 is 0 Å². The monoisotopic (exact) mass is 274 g/mol. The van der Waals surface area contributed by atoms with Crippen LogP contribution in [0.5, 0.6) is 0 Å². The Morgan fingerprint density at radius 3 is 2.65 bits per heavy atom. The molecule has 1 atom stereocenters. The minimum atomic E-state index is -0.526. The molecule has 5 heteroatoms. The first-order valence-corrected chi connectivity index (χ1v) is 6.95. The van der Waals surface area contributed by atoms with Gasteiger partial charge in [-0.25, -0.2) is 0 Å². The smallest absolute Gasteiger partial charge is 0.251 e. The van der Waals surface area contributed by atoms with Gasteiger partial charge in [0.05, 0.1) is 12.2 Å². The van der Waals surface area contributed by atoms with Crippen LogP contribution in [0.3, 0.4) is 0 Å². The van der Waals surface area contributed by atoms with Gasteiger partial charge in [-0.15, -0.1) is 0 Å². The number of carbonyl (C=O) groups excluding carboxylic acids is 2. The summed E-state index contributed by atoms with van der Waals surface area (Å²) in [6, 6.07) is 2.01. The minimum absolute atomic E-state index is 0.0449. The highest BCUT2D eigenvalue weighted by Crippen LogP contribution is 2.48. The quantitative estimate of drug-likeness (QED) is 0.716. The molecular weight excluding hydrogens is 256 g/mol. The van der Waals surface area contributed by atoms with Crippen molar-refractivity contribution in [1.29, 1.82) is 5.26 Å². The van der Waals surface area contributed by atoms with Crippen LogP contribution in [0, 0.1) is 22.2 Å². The molecule has 5 nitrogen and oxygen atoms in total. The zero-order valence-corrected chi connectivity index (χ0v) is 11.8. The fourth-order valence-electron chi connectivity index (χ4n) is 3.54. The van der Waals surface area contributed by atoms with Crippen LogP contribution in [-0.2, 0) is 14.3 Å². The highest BCUT2D eigenvalue weighted by atomic mass is 16.5. The Labute approximate surface area is 118 Å². The second kappa shape index (κ2) is 4.16. The van der Waals surface area contributed by atoms with Crippen LogP contribution in [0.1, 0.15) is 26.7 Å². The Balaban J connectivity index is 1.76.